The first kappa shape index (κ1) is 16.1. The van der Waals surface area contributed by atoms with Gasteiger partial charge < -0.3 is 9.42 Å². The quantitative estimate of drug-likeness (QED) is 0.848. The normalized spacial score (nSPS) is 19.9. The van der Waals surface area contributed by atoms with Crippen molar-refractivity contribution in [3.63, 3.8) is 0 Å². The van der Waals surface area contributed by atoms with E-state index >= 15 is 0 Å². The van der Waals surface area contributed by atoms with Crippen LogP contribution in [0.5, 0.6) is 0 Å². The number of fused-ring (bicyclic) bond motifs is 1. The molecule has 2 aromatic heterocycles. The molecule has 3 heterocycles. The van der Waals surface area contributed by atoms with E-state index in [1.54, 1.807) is 24.0 Å². The van der Waals surface area contributed by atoms with Gasteiger partial charge in [0.1, 0.15) is 5.76 Å². The third kappa shape index (κ3) is 3.10. The lowest BCUT2D eigenvalue weighted by molar-refractivity contribution is 0.0709. The second kappa shape index (κ2) is 6.46. The van der Waals surface area contributed by atoms with Crippen molar-refractivity contribution in [3.8, 4) is 0 Å². The predicted octanol–water partition coefficient (Wildman–Crippen LogP) is 1.72. The fourth-order valence-electron chi connectivity index (χ4n) is 3.84. The van der Waals surface area contributed by atoms with E-state index in [1.165, 1.54) is 4.68 Å². The molecule has 1 fully saturated rings. The summed E-state index contributed by atoms with van der Waals surface area (Å²) in [6, 6.07) is 3.35. The second-order valence-electron chi connectivity index (χ2n) is 6.96. The highest BCUT2D eigenvalue weighted by atomic mass is 16.5. The summed E-state index contributed by atoms with van der Waals surface area (Å²) in [5, 5.41) is 8.41. The van der Waals surface area contributed by atoms with Crippen molar-refractivity contribution in [1.29, 1.82) is 0 Å². The molecule has 25 heavy (non-hydrogen) atoms. The Balaban J connectivity index is 1.55. The number of aryl methyl sites for hydroxylation is 3. The number of nitrogens with zero attached hydrogens (tertiary/aromatic N) is 4. The van der Waals surface area contributed by atoms with Crippen LogP contribution in [0.4, 0.5) is 0 Å². The van der Waals surface area contributed by atoms with Crippen LogP contribution in [0.3, 0.4) is 0 Å². The summed E-state index contributed by atoms with van der Waals surface area (Å²) in [6.07, 6.45) is 5.91. The zero-order valence-electron chi connectivity index (χ0n) is 14.4. The summed E-state index contributed by atoms with van der Waals surface area (Å²) < 4.78 is 6.55. The van der Waals surface area contributed by atoms with Gasteiger partial charge in [-0.15, -0.1) is 0 Å². The lowest BCUT2D eigenvalue weighted by atomic mass is 9.97. The summed E-state index contributed by atoms with van der Waals surface area (Å²) in [4.78, 5) is 26.9. The molecule has 7 nitrogen and oxygen atoms in total. The van der Waals surface area contributed by atoms with Crippen molar-refractivity contribution < 1.29 is 9.32 Å². The van der Waals surface area contributed by atoms with Crippen LogP contribution in [0.15, 0.2) is 21.5 Å². The summed E-state index contributed by atoms with van der Waals surface area (Å²) in [5.41, 5.74) is 2.38. The van der Waals surface area contributed by atoms with Gasteiger partial charge in [-0.05, 0) is 51.0 Å². The van der Waals surface area contributed by atoms with Gasteiger partial charge in [-0.3, -0.25) is 9.59 Å². The molecule has 2 aliphatic rings. The van der Waals surface area contributed by atoms with E-state index in [0.717, 1.165) is 49.8 Å². The van der Waals surface area contributed by atoms with Crippen LogP contribution >= 0.6 is 0 Å². The molecule has 0 radical (unpaired) electrons. The smallest absolute Gasteiger partial charge is 0.276 e. The molecule has 1 aliphatic carbocycles. The van der Waals surface area contributed by atoms with Gasteiger partial charge >= 0.3 is 0 Å². The van der Waals surface area contributed by atoms with Gasteiger partial charge in [0, 0.05) is 18.7 Å². The third-order valence-corrected chi connectivity index (χ3v) is 5.14. The Morgan fingerprint density at radius 2 is 2.12 bits per heavy atom. The van der Waals surface area contributed by atoms with Crippen molar-refractivity contribution in [2.75, 3.05) is 6.54 Å². The molecule has 0 bridgehead atoms. The van der Waals surface area contributed by atoms with E-state index in [1.807, 2.05) is 0 Å². The molecular weight excluding hydrogens is 320 g/mol. The van der Waals surface area contributed by atoms with Crippen molar-refractivity contribution >= 4 is 5.91 Å². The Morgan fingerprint density at radius 3 is 2.92 bits per heavy atom. The standard InChI is InChI=1S/C18H22N4O3/c1-12-9-16(20-25-12)18(24)21-8-4-6-14(21)11-22-17(23)10-13-5-2-3-7-15(13)19-22/h9-10,14H,2-8,11H2,1H3. The molecule has 0 saturated carbocycles. The molecule has 1 atom stereocenters. The monoisotopic (exact) mass is 342 g/mol. The van der Waals surface area contributed by atoms with Gasteiger partial charge in [0.2, 0.25) is 0 Å². The molecule has 1 amide bonds. The Morgan fingerprint density at radius 1 is 1.28 bits per heavy atom. The second-order valence-corrected chi connectivity index (χ2v) is 6.96. The zero-order chi connectivity index (χ0) is 17.4. The molecule has 7 heteroatoms. The van der Waals surface area contributed by atoms with Crippen LogP contribution in [-0.2, 0) is 19.4 Å². The van der Waals surface area contributed by atoms with Crippen molar-refractivity contribution in [2.45, 2.75) is 58.0 Å². The van der Waals surface area contributed by atoms with Crippen LogP contribution in [0.25, 0.3) is 0 Å². The number of aromatic nitrogens is 3. The van der Waals surface area contributed by atoms with E-state index in [-0.39, 0.29) is 17.5 Å². The average molecular weight is 342 g/mol. The van der Waals surface area contributed by atoms with E-state index in [0.29, 0.717) is 24.5 Å². The van der Waals surface area contributed by atoms with Gasteiger partial charge in [0.05, 0.1) is 18.3 Å². The molecule has 1 unspecified atom stereocenters. The van der Waals surface area contributed by atoms with E-state index in [2.05, 4.69) is 10.3 Å². The van der Waals surface area contributed by atoms with Gasteiger partial charge in [-0.1, -0.05) is 5.16 Å². The number of likely N-dealkylation sites (tertiary alicyclic amines) is 1. The highest BCUT2D eigenvalue weighted by Gasteiger charge is 2.31. The number of hydrogen-bond acceptors (Lipinski definition) is 5. The minimum atomic E-state index is -0.134. The summed E-state index contributed by atoms with van der Waals surface area (Å²) in [6.45, 7) is 2.88. The maximum Gasteiger partial charge on any atom is 0.276 e. The van der Waals surface area contributed by atoms with Crippen LogP contribution in [-0.4, -0.2) is 38.3 Å². The van der Waals surface area contributed by atoms with Crippen LogP contribution < -0.4 is 5.56 Å². The van der Waals surface area contributed by atoms with Gasteiger partial charge in [-0.25, -0.2) is 4.68 Å². The van der Waals surface area contributed by atoms with E-state index in [4.69, 9.17) is 4.52 Å². The zero-order valence-corrected chi connectivity index (χ0v) is 14.4. The van der Waals surface area contributed by atoms with Crippen LogP contribution in [0.2, 0.25) is 0 Å². The first-order chi connectivity index (χ1) is 12.1. The topological polar surface area (TPSA) is 81.2 Å². The largest absolute Gasteiger partial charge is 0.361 e. The van der Waals surface area contributed by atoms with Crippen molar-refractivity contribution in [2.24, 2.45) is 0 Å². The molecule has 2 aromatic rings. The molecule has 1 saturated heterocycles. The summed E-state index contributed by atoms with van der Waals surface area (Å²) in [7, 11) is 0. The molecule has 0 N–H and O–H groups in total. The minimum absolute atomic E-state index is 0.0312. The Hall–Kier alpha value is -2.44. The SMILES string of the molecule is Cc1cc(C(=O)N2CCCC2Cn2nc3c(cc2=O)CCCC3)no1. The van der Waals surface area contributed by atoms with Gasteiger partial charge in [-0.2, -0.15) is 5.10 Å². The van der Waals surface area contributed by atoms with E-state index in [9.17, 15) is 9.59 Å². The average Bonchev–Trinajstić information content (AvgIpc) is 3.24. The lowest BCUT2D eigenvalue weighted by Crippen LogP contribution is -2.41. The summed E-state index contributed by atoms with van der Waals surface area (Å²) in [5.74, 6) is 0.483. The molecule has 132 valence electrons. The highest BCUT2D eigenvalue weighted by Crippen LogP contribution is 2.22. The number of carbonyl (C=O) groups is 1. The summed E-state index contributed by atoms with van der Waals surface area (Å²) >= 11 is 0. The maximum absolute atomic E-state index is 12.7. The number of rotatable bonds is 3. The molecule has 4 rings (SSSR count). The minimum Gasteiger partial charge on any atom is -0.361 e. The van der Waals surface area contributed by atoms with Gasteiger partial charge in [0.15, 0.2) is 5.69 Å². The van der Waals surface area contributed by atoms with E-state index < -0.39 is 0 Å². The Labute approximate surface area is 145 Å². The van der Waals surface area contributed by atoms with Crippen LogP contribution in [0, 0.1) is 6.92 Å². The Bertz CT molecular complexity index is 854. The number of carbonyl (C=O) groups excluding carboxylic acids is 1. The molecular formula is C18H22N4O3. The fraction of sp³-hybridized carbons (Fsp3) is 0.556. The van der Waals surface area contributed by atoms with Gasteiger partial charge in [0.25, 0.3) is 11.5 Å². The van der Waals surface area contributed by atoms with Crippen molar-refractivity contribution in [3.05, 3.63) is 45.2 Å². The third-order valence-electron chi connectivity index (χ3n) is 5.14. The molecule has 1 aliphatic heterocycles. The number of amides is 1. The predicted molar refractivity (Wildman–Crippen MR) is 90.4 cm³/mol. The first-order valence-electron chi connectivity index (χ1n) is 8.96. The molecule has 0 aromatic carbocycles. The lowest BCUT2D eigenvalue weighted by Gasteiger charge is -2.24. The first-order valence-corrected chi connectivity index (χ1v) is 8.96. The maximum atomic E-state index is 12.7. The van der Waals surface area contributed by atoms with Crippen LogP contribution in [0.1, 0.15) is 53.2 Å². The highest BCUT2D eigenvalue weighted by molar-refractivity contribution is 5.92. The molecule has 0 spiro atoms. The fourth-order valence-corrected chi connectivity index (χ4v) is 3.84. The Kier molecular flexibility index (Phi) is 4.15. The number of hydrogen-bond donors (Lipinski definition) is 0. The van der Waals surface area contributed by atoms with Crippen molar-refractivity contribution in [1.82, 2.24) is 19.8 Å².